The number of primary amides is 1. The first-order chi connectivity index (χ1) is 8.49. The van der Waals surface area contributed by atoms with Crippen LogP contribution in [-0.4, -0.2) is 42.2 Å². The summed E-state index contributed by atoms with van der Waals surface area (Å²) in [6.45, 7) is 3.18. The van der Waals surface area contributed by atoms with Gasteiger partial charge in [0.15, 0.2) is 0 Å². The van der Waals surface area contributed by atoms with Gasteiger partial charge in [-0.15, -0.1) is 0 Å². The maximum absolute atomic E-state index is 11.8. The van der Waals surface area contributed by atoms with Crippen LogP contribution in [0.4, 0.5) is 0 Å². The Bertz CT molecular complexity index is 296. The van der Waals surface area contributed by atoms with Gasteiger partial charge in [0, 0.05) is 19.4 Å². The highest BCUT2D eigenvalue weighted by Crippen LogP contribution is 2.10. The Morgan fingerprint density at radius 2 is 2.22 bits per heavy atom. The number of hydrogen-bond donors (Lipinski definition) is 4. The van der Waals surface area contributed by atoms with Gasteiger partial charge in [0.2, 0.25) is 11.8 Å². The number of aliphatic hydroxyl groups is 1. The standard InChI is InChI=1S/C12H23N3O3/c1-8(5-11(13)17)6-12(18)15-9-3-2-4-14-7-10(9)16/h8-10,14,16H,2-7H2,1H3,(H2,13,17)(H,15,18)/t8-,9?,10?/m0/s1. The lowest BCUT2D eigenvalue weighted by atomic mass is 10.0. The van der Waals surface area contributed by atoms with Crippen LogP contribution < -0.4 is 16.4 Å². The lowest BCUT2D eigenvalue weighted by Gasteiger charge is -2.22. The van der Waals surface area contributed by atoms with Gasteiger partial charge in [-0.25, -0.2) is 0 Å². The Labute approximate surface area is 107 Å². The summed E-state index contributed by atoms with van der Waals surface area (Å²) in [5, 5.41) is 15.8. The van der Waals surface area contributed by atoms with E-state index in [4.69, 9.17) is 5.73 Å². The molecule has 6 heteroatoms. The summed E-state index contributed by atoms with van der Waals surface area (Å²) in [4.78, 5) is 22.5. The molecule has 1 aliphatic rings. The third-order valence-electron chi connectivity index (χ3n) is 3.12. The summed E-state index contributed by atoms with van der Waals surface area (Å²) in [5.74, 6) is -0.591. The molecule has 0 saturated carbocycles. The fourth-order valence-corrected chi connectivity index (χ4v) is 2.20. The molecular weight excluding hydrogens is 234 g/mol. The minimum atomic E-state index is -0.553. The molecule has 1 rings (SSSR count). The molecule has 0 aromatic rings. The van der Waals surface area contributed by atoms with Crippen molar-refractivity contribution in [3.8, 4) is 0 Å². The molecule has 0 radical (unpaired) electrons. The first kappa shape index (κ1) is 14.9. The molecule has 1 heterocycles. The van der Waals surface area contributed by atoms with Crippen LogP contribution in [0.3, 0.4) is 0 Å². The zero-order valence-corrected chi connectivity index (χ0v) is 10.8. The zero-order chi connectivity index (χ0) is 13.5. The maximum atomic E-state index is 11.8. The molecule has 2 amide bonds. The van der Waals surface area contributed by atoms with Crippen molar-refractivity contribution in [1.82, 2.24) is 10.6 Å². The van der Waals surface area contributed by atoms with Crippen LogP contribution >= 0.6 is 0 Å². The third kappa shape index (κ3) is 5.46. The van der Waals surface area contributed by atoms with E-state index in [1.165, 1.54) is 0 Å². The number of hydrogen-bond acceptors (Lipinski definition) is 4. The maximum Gasteiger partial charge on any atom is 0.220 e. The third-order valence-corrected chi connectivity index (χ3v) is 3.12. The highest BCUT2D eigenvalue weighted by Gasteiger charge is 2.23. The molecule has 0 aliphatic carbocycles. The number of nitrogens with two attached hydrogens (primary N) is 1. The highest BCUT2D eigenvalue weighted by molar-refractivity contribution is 5.78. The van der Waals surface area contributed by atoms with Crippen LogP contribution in [0, 0.1) is 5.92 Å². The molecule has 3 atom stereocenters. The summed E-state index contributed by atoms with van der Waals surface area (Å²) in [6.07, 6.45) is 1.62. The van der Waals surface area contributed by atoms with Crippen molar-refractivity contribution >= 4 is 11.8 Å². The van der Waals surface area contributed by atoms with E-state index in [1.54, 1.807) is 0 Å². The summed E-state index contributed by atoms with van der Waals surface area (Å²) in [5.41, 5.74) is 5.08. The molecular formula is C12H23N3O3. The van der Waals surface area contributed by atoms with Gasteiger partial charge in [-0.3, -0.25) is 9.59 Å². The van der Waals surface area contributed by atoms with Crippen molar-refractivity contribution in [2.24, 2.45) is 11.7 Å². The number of nitrogens with one attached hydrogen (secondary N) is 2. The largest absolute Gasteiger partial charge is 0.390 e. The van der Waals surface area contributed by atoms with Crippen LogP contribution in [0.15, 0.2) is 0 Å². The first-order valence-corrected chi connectivity index (χ1v) is 6.45. The van der Waals surface area contributed by atoms with Crippen LogP contribution in [0.2, 0.25) is 0 Å². The van der Waals surface area contributed by atoms with Crippen LogP contribution in [0.25, 0.3) is 0 Å². The highest BCUT2D eigenvalue weighted by atomic mass is 16.3. The van der Waals surface area contributed by atoms with Crippen molar-refractivity contribution < 1.29 is 14.7 Å². The second-order valence-electron chi connectivity index (χ2n) is 5.07. The van der Waals surface area contributed by atoms with Crippen LogP contribution in [0.5, 0.6) is 0 Å². The van der Waals surface area contributed by atoms with E-state index in [2.05, 4.69) is 10.6 Å². The number of rotatable bonds is 5. The van der Waals surface area contributed by atoms with E-state index in [1.807, 2.05) is 6.92 Å². The van der Waals surface area contributed by atoms with E-state index in [-0.39, 0.29) is 30.7 Å². The fourth-order valence-electron chi connectivity index (χ4n) is 2.20. The van der Waals surface area contributed by atoms with Crippen molar-refractivity contribution in [2.75, 3.05) is 13.1 Å². The molecule has 6 nitrogen and oxygen atoms in total. The smallest absolute Gasteiger partial charge is 0.220 e. The summed E-state index contributed by atoms with van der Waals surface area (Å²) in [7, 11) is 0. The summed E-state index contributed by atoms with van der Waals surface area (Å²) < 4.78 is 0. The SMILES string of the molecule is C[C@@H](CC(N)=O)CC(=O)NC1CCCNCC1O. The molecule has 1 aliphatic heterocycles. The van der Waals surface area contributed by atoms with Gasteiger partial charge < -0.3 is 21.5 Å². The zero-order valence-electron chi connectivity index (χ0n) is 10.8. The van der Waals surface area contributed by atoms with Crippen molar-refractivity contribution in [3.63, 3.8) is 0 Å². The van der Waals surface area contributed by atoms with Gasteiger partial charge in [0.05, 0.1) is 12.1 Å². The fraction of sp³-hybridized carbons (Fsp3) is 0.833. The molecule has 18 heavy (non-hydrogen) atoms. The summed E-state index contributed by atoms with van der Waals surface area (Å²) in [6, 6.07) is -0.201. The topological polar surface area (TPSA) is 104 Å². The number of aliphatic hydroxyl groups excluding tert-OH is 1. The molecule has 0 spiro atoms. The van der Waals surface area contributed by atoms with Crippen molar-refractivity contribution in [2.45, 2.75) is 44.8 Å². The van der Waals surface area contributed by atoms with Crippen LogP contribution in [0.1, 0.15) is 32.6 Å². The average Bonchev–Trinajstić information content (AvgIpc) is 2.43. The monoisotopic (exact) mass is 257 g/mol. The Kier molecular flexibility index (Phi) is 6.07. The second-order valence-corrected chi connectivity index (χ2v) is 5.07. The molecule has 0 bridgehead atoms. The second kappa shape index (κ2) is 7.33. The van der Waals surface area contributed by atoms with Crippen molar-refractivity contribution in [3.05, 3.63) is 0 Å². The van der Waals surface area contributed by atoms with E-state index in [0.717, 1.165) is 19.4 Å². The molecule has 5 N–H and O–H groups in total. The summed E-state index contributed by atoms with van der Waals surface area (Å²) >= 11 is 0. The Hall–Kier alpha value is -1.14. The van der Waals surface area contributed by atoms with Gasteiger partial charge in [-0.2, -0.15) is 0 Å². The number of amides is 2. The average molecular weight is 257 g/mol. The van der Waals surface area contributed by atoms with Gasteiger partial charge in [-0.05, 0) is 25.3 Å². The van der Waals surface area contributed by atoms with Gasteiger partial charge in [0.25, 0.3) is 0 Å². The van der Waals surface area contributed by atoms with E-state index in [0.29, 0.717) is 6.54 Å². The van der Waals surface area contributed by atoms with Gasteiger partial charge in [-0.1, -0.05) is 6.92 Å². The minimum Gasteiger partial charge on any atom is -0.390 e. The molecule has 0 aromatic carbocycles. The minimum absolute atomic E-state index is 0.0662. The van der Waals surface area contributed by atoms with E-state index < -0.39 is 12.0 Å². The Morgan fingerprint density at radius 1 is 1.50 bits per heavy atom. The Balaban J connectivity index is 2.35. The van der Waals surface area contributed by atoms with Gasteiger partial charge in [0.1, 0.15) is 0 Å². The van der Waals surface area contributed by atoms with E-state index >= 15 is 0 Å². The first-order valence-electron chi connectivity index (χ1n) is 6.45. The quantitative estimate of drug-likeness (QED) is 0.513. The van der Waals surface area contributed by atoms with Crippen molar-refractivity contribution in [1.29, 1.82) is 0 Å². The van der Waals surface area contributed by atoms with Gasteiger partial charge >= 0.3 is 0 Å². The molecule has 104 valence electrons. The number of carbonyl (C=O) groups is 2. The normalized spacial score (nSPS) is 26.1. The predicted octanol–water partition coefficient (Wildman–Crippen LogP) is -0.883. The lowest BCUT2D eigenvalue weighted by molar-refractivity contribution is -0.124. The Morgan fingerprint density at radius 3 is 2.89 bits per heavy atom. The number of β-amino-alcohol motifs (C(OH)–C–C–N with tert-alkyl or cyclic N) is 1. The number of carbonyl (C=O) groups excluding carboxylic acids is 2. The van der Waals surface area contributed by atoms with E-state index in [9.17, 15) is 14.7 Å². The molecule has 0 aromatic heterocycles. The lowest BCUT2D eigenvalue weighted by Crippen LogP contribution is -2.45. The molecule has 1 saturated heterocycles. The molecule has 2 unspecified atom stereocenters. The van der Waals surface area contributed by atoms with Crippen LogP contribution in [-0.2, 0) is 9.59 Å². The molecule has 1 fully saturated rings. The predicted molar refractivity (Wildman–Crippen MR) is 67.6 cm³/mol.